The summed E-state index contributed by atoms with van der Waals surface area (Å²) in [5, 5.41) is 5.14. The average Bonchev–Trinajstić information content (AvgIpc) is 3.46. The Hall–Kier alpha value is -2.21. The molecule has 0 bridgehead atoms. The van der Waals surface area contributed by atoms with E-state index < -0.39 is 10.0 Å². The van der Waals surface area contributed by atoms with Crippen molar-refractivity contribution in [2.24, 2.45) is 5.92 Å². The SMILES string of the molecule is O=C(Nc1nc2cc3c(cc2s1)OCO3)C1CCN(S(=O)(=O)c2cccs2)CC1. The number of amides is 1. The zero-order valence-corrected chi connectivity index (χ0v) is 17.6. The minimum absolute atomic E-state index is 0.128. The van der Waals surface area contributed by atoms with E-state index >= 15 is 0 Å². The van der Waals surface area contributed by atoms with E-state index in [4.69, 9.17) is 9.47 Å². The molecule has 1 fully saturated rings. The fourth-order valence-corrected chi connectivity index (χ4v) is 6.97. The molecule has 3 aromatic rings. The highest BCUT2D eigenvalue weighted by Crippen LogP contribution is 2.39. The number of hydrogen-bond donors (Lipinski definition) is 1. The van der Waals surface area contributed by atoms with E-state index in [0.717, 1.165) is 10.2 Å². The number of sulfonamides is 1. The molecule has 1 saturated heterocycles. The quantitative estimate of drug-likeness (QED) is 0.655. The Morgan fingerprint density at radius 1 is 1.21 bits per heavy atom. The topological polar surface area (TPSA) is 97.8 Å². The fourth-order valence-electron chi connectivity index (χ4n) is 3.47. The van der Waals surface area contributed by atoms with E-state index in [1.165, 1.54) is 27.0 Å². The maximum absolute atomic E-state index is 12.7. The molecule has 0 radical (unpaired) electrons. The highest BCUT2D eigenvalue weighted by Gasteiger charge is 2.33. The number of benzene rings is 1. The second-order valence-corrected chi connectivity index (χ2v) is 10.9. The van der Waals surface area contributed by atoms with Crippen LogP contribution in [-0.2, 0) is 14.8 Å². The summed E-state index contributed by atoms with van der Waals surface area (Å²) >= 11 is 2.58. The molecular weight excluding hydrogens is 434 g/mol. The maximum Gasteiger partial charge on any atom is 0.252 e. The van der Waals surface area contributed by atoms with Crippen LogP contribution in [0.15, 0.2) is 33.9 Å². The smallest absolute Gasteiger partial charge is 0.252 e. The molecule has 0 saturated carbocycles. The molecule has 1 amide bonds. The lowest BCUT2D eigenvalue weighted by Gasteiger charge is -2.29. The predicted octanol–water partition coefficient (Wildman–Crippen LogP) is 3.13. The van der Waals surface area contributed by atoms with Gasteiger partial charge in [-0.1, -0.05) is 17.4 Å². The number of anilines is 1. The predicted molar refractivity (Wildman–Crippen MR) is 110 cm³/mol. The molecule has 5 rings (SSSR count). The second-order valence-electron chi connectivity index (χ2n) is 6.79. The van der Waals surface area contributed by atoms with Crippen LogP contribution in [0.1, 0.15) is 12.8 Å². The van der Waals surface area contributed by atoms with Crippen molar-refractivity contribution in [3.8, 4) is 11.5 Å². The third-order valence-electron chi connectivity index (χ3n) is 5.03. The largest absolute Gasteiger partial charge is 0.454 e. The molecule has 152 valence electrons. The van der Waals surface area contributed by atoms with Crippen LogP contribution in [0.4, 0.5) is 5.13 Å². The van der Waals surface area contributed by atoms with Gasteiger partial charge in [0.25, 0.3) is 10.0 Å². The molecule has 2 aliphatic rings. The second kappa shape index (κ2) is 7.24. The number of carbonyl (C=O) groups is 1. The van der Waals surface area contributed by atoms with Crippen LogP contribution in [0.5, 0.6) is 11.5 Å². The molecule has 4 heterocycles. The van der Waals surface area contributed by atoms with Crippen molar-refractivity contribution in [2.75, 3.05) is 25.2 Å². The lowest BCUT2D eigenvalue weighted by Crippen LogP contribution is -2.41. The van der Waals surface area contributed by atoms with Crippen molar-refractivity contribution < 1.29 is 22.7 Å². The van der Waals surface area contributed by atoms with Crippen molar-refractivity contribution in [1.82, 2.24) is 9.29 Å². The van der Waals surface area contributed by atoms with Gasteiger partial charge in [-0.3, -0.25) is 4.79 Å². The number of carbonyl (C=O) groups excluding carboxylic acids is 1. The number of nitrogens with one attached hydrogen (secondary N) is 1. The highest BCUT2D eigenvalue weighted by atomic mass is 32.2. The highest BCUT2D eigenvalue weighted by molar-refractivity contribution is 7.91. The van der Waals surface area contributed by atoms with Gasteiger partial charge in [-0.25, -0.2) is 13.4 Å². The average molecular weight is 452 g/mol. The lowest BCUT2D eigenvalue weighted by atomic mass is 9.97. The minimum Gasteiger partial charge on any atom is -0.454 e. The van der Waals surface area contributed by atoms with Crippen LogP contribution in [0.25, 0.3) is 10.2 Å². The molecule has 0 spiro atoms. The van der Waals surface area contributed by atoms with Gasteiger partial charge in [-0.2, -0.15) is 4.31 Å². The number of fused-ring (bicyclic) bond motifs is 2. The number of nitrogens with zero attached hydrogens (tertiary/aromatic N) is 2. The Bertz CT molecular complexity index is 1120. The summed E-state index contributed by atoms with van der Waals surface area (Å²) in [5.74, 6) is 0.962. The number of thiazole rings is 1. The van der Waals surface area contributed by atoms with Gasteiger partial charge in [-0.15, -0.1) is 11.3 Å². The van der Waals surface area contributed by atoms with Crippen molar-refractivity contribution in [1.29, 1.82) is 0 Å². The Labute approximate surface area is 175 Å². The van der Waals surface area contributed by atoms with Crippen molar-refractivity contribution in [3.63, 3.8) is 0 Å². The lowest BCUT2D eigenvalue weighted by molar-refractivity contribution is -0.120. The fraction of sp³-hybridized carbons (Fsp3) is 0.333. The number of ether oxygens (including phenoxy) is 2. The van der Waals surface area contributed by atoms with Gasteiger partial charge < -0.3 is 14.8 Å². The minimum atomic E-state index is -3.46. The molecule has 11 heteroatoms. The maximum atomic E-state index is 12.7. The van der Waals surface area contributed by atoms with Gasteiger partial charge in [-0.05, 0) is 24.3 Å². The normalized spacial score (nSPS) is 17.7. The molecule has 0 aliphatic carbocycles. The van der Waals surface area contributed by atoms with Crippen LogP contribution in [0.3, 0.4) is 0 Å². The zero-order chi connectivity index (χ0) is 20.0. The Kier molecular flexibility index (Phi) is 4.69. The van der Waals surface area contributed by atoms with Gasteiger partial charge in [0.15, 0.2) is 16.6 Å². The molecule has 0 atom stereocenters. The summed E-state index contributed by atoms with van der Waals surface area (Å²) in [5.41, 5.74) is 0.742. The standard InChI is InChI=1S/C18H17N3O5S3/c22-17(11-3-5-21(6-4-11)29(23,24)16-2-1-7-27-16)20-18-19-12-8-13-14(26-10-25-13)9-15(12)28-18/h1-2,7-9,11H,3-6,10H2,(H,19,20,22). The van der Waals surface area contributed by atoms with Crippen LogP contribution >= 0.6 is 22.7 Å². The third-order valence-corrected chi connectivity index (χ3v) is 9.23. The summed E-state index contributed by atoms with van der Waals surface area (Å²) < 4.78 is 38.7. The van der Waals surface area contributed by atoms with Gasteiger partial charge in [0.05, 0.1) is 10.2 Å². The van der Waals surface area contributed by atoms with Gasteiger partial charge in [0, 0.05) is 31.1 Å². The number of hydrogen-bond acceptors (Lipinski definition) is 8. The third kappa shape index (κ3) is 3.48. The summed E-state index contributed by atoms with van der Waals surface area (Å²) in [6, 6.07) is 7.00. The summed E-state index contributed by atoms with van der Waals surface area (Å²) in [4.78, 5) is 17.1. The summed E-state index contributed by atoms with van der Waals surface area (Å²) in [7, 11) is -3.46. The van der Waals surface area contributed by atoms with Crippen LogP contribution in [-0.4, -0.2) is 43.5 Å². The van der Waals surface area contributed by atoms with E-state index in [1.54, 1.807) is 23.6 Å². The monoisotopic (exact) mass is 451 g/mol. The molecule has 29 heavy (non-hydrogen) atoms. The first-order chi connectivity index (χ1) is 14.0. The molecular formula is C18H17N3O5S3. The van der Waals surface area contributed by atoms with Gasteiger partial charge in [0.1, 0.15) is 4.21 Å². The Balaban J connectivity index is 1.24. The molecule has 2 aromatic heterocycles. The van der Waals surface area contributed by atoms with Crippen molar-refractivity contribution in [2.45, 2.75) is 17.1 Å². The summed E-state index contributed by atoms with van der Waals surface area (Å²) in [6.07, 6.45) is 0.967. The molecule has 1 N–H and O–H groups in total. The first-order valence-electron chi connectivity index (χ1n) is 9.05. The number of aromatic nitrogens is 1. The Morgan fingerprint density at radius 3 is 2.69 bits per heavy atom. The number of thiophene rings is 1. The van der Waals surface area contributed by atoms with E-state index in [2.05, 4.69) is 10.3 Å². The van der Waals surface area contributed by atoms with E-state index in [9.17, 15) is 13.2 Å². The van der Waals surface area contributed by atoms with E-state index in [-0.39, 0.29) is 18.6 Å². The van der Waals surface area contributed by atoms with E-state index in [1.807, 2.05) is 6.07 Å². The molecule has 1 aromatic carbocycles. The summed E-state index contributed by atoms with van der Waals surface area (Å²) in [6.45, 7) is 0.871. The zero-order valence-electron chi connectivity index (χ0n) is 15.2. The first-order valence-corrected chi connectivity index (χ1v) is 12.2. The first kappa shape index (κ1) is 18.8. The molecule has 8 nitrogen and oxygen atoms in total. The van der Waals surface area contributed by atoms with Gasteiger partial charge in [0.2, 0.25) is 12.7 Å². The molecule has 0 unspecified atom stereocenters. The van der Waals surface area contributed by atoms with Crippen LogP contribution in [0, 0.1) is 5.92 Å². The van der Waals surface area contributed by atoms with E-state index in [0.29, 0.717) is 46.8 Å². The van der Waals surface area contributed by atoms with Gasteiger partial charge >= 0.3 is 0 Å². The van der Waals surface area contributed by atoms with Crippen LogP contribution in [0.2, 0.25) is 0 Å². The van der Waals surface area contributed by atoms with Crippen molar-refractivity contribution in [3.05, 3.63) is 29.6 Å². The Morgan fingerprint density at radius 2 is 1.97 bits per heavy atom. The van der Waals surface area contributed by atoms with Crippen molar-refractivity contribution >= 4 is 54.0 Å². The number of piperidine rings is 1. The molecule has 2 aliphatic heterocycles. The van der Waals surface area contributed by atoms with Crippen LogP contribution < -0.4 is 14.8 Å². The number of rotatable bonds is 4.